The molecule has 1 saturated heterocycles. The quantitative estimate of drug-likeness (QED) is 0.309. The second-order valence-electron chi connectivity index (χ2n) is 9.59. The summed E-state index contributed by atoms with van der Waals surface area (Å²) in [4.78, 5) is 28.4. The number of esters is 2. The lowest BCUT2D eigenvalue weighted by Crippen LogP contribution is -2.47. The van der Waals surface area contributed by atoms with E-state index in [1.165, 1.54) is 0 Å². The zero-order valence-electron chi connectivity index (χ0n) is 20.7. The molecule has 186 valence electrons. The fourth-order valence-corrected chi connectivity index (χ4v) is 3.66. The molecule has 2 rings (SSSR count). The second kappa shape index (κ2) is 15.0. The molecular formula is C26H42N2O5. The highest BCUT2D eigenvalue weighted by Gasteiger charge is 2.17. The molecule has 0 aromatic heterocycles. The minimum Gasteiger partial charge on any atom is -0.461 e. The molecule has 0 bridgehead atoms. The summed E-state index contributed by atoms with van der Waals surface area (Å²) < 4.78 is 16.4. The molecule has 0 aliphatic carbocycles. The molecule has 1 heterocycles. The highest BCUT2D eigenvalue weighted by atomic mass is 16.6. The first-order valence-electron chi connectivity index (χ1n) is 12.3. The SMILES string of the molecule is CC(C)(C)OC(=O)CCCCOCCN1CCN(CCCC(=O)OCc2ccccc2)CC1. The van der Waals surface area contributed by atoms with E-state index < -0.39 is 5.60 Å². The monoisotopic (exact) mass is 462 g/mol. The van der Waals surface area contributed by atoms with E-state index in [0.717, 1.165) is 70.7 Å². The Morgan fingerprint density at radius 1 is 0.818 bits per heavy atom. The molecule has 7 heteroatoms. The predicted octanol–water partition coefficient (Wildman–Crippen LogP) is 3.66. The van der Waals surface area contributed by atoms with Crippen molar-refractivity contribution in [2.24, 2.45) is 0 Å². The molecule has 1 aliphatic rings. The van der Waals surface area contributed by atoms with E-state index in [9.17, 15) is 9.59 Å². The summed E-state index contributed by atoms with van der Waals surface area (Å²) in [5.74, 6) is -0.259. The fraction of sp³-hybridized carbons (Fsp3) is 0.692. The number of ether oxygens (including phenoxy) is 3. The van der Waals surface area contributed by atoms with Crippen LogP contribution in [0.3, 0.4) is 0 Å². The zero-order valence-corrected chi connectivity index (χ0v) is 20.7. The van der Waals surface area contributed by atoms with Crippen molar-refractivity contribution in [3.63, 3.8) is 0 Å². The largest absolute Gasteiger partial charge is 0.461 e. The molecule has 0 saturated carbocycles. The lowest BCUT2D eigenvalue weighted by Gasteiger charge is -2.34. The number of piperazine rings is 1. The van der Waals surface area contributed by atoms with Gasteiger partial charge in [-0.2, -0.15) is 0 Å². The van der Waals surface area contributed by atoms with Crippen molar-refractivity contribution in [1.82, 2.24) is 9.80 Å². The van der Waals surface area contributed by atoms with Gasteiger partial charge in [-0.25, -0.2) is 0 Å². The van der Waals surface area contributed by atoms with Crippen molar-refractivity contribution < 1.29 is 23.8 Å². The van der Waals surface area contributed by atoms with Gasteiger partial charge in [-0.05, 0) is 52.1 Å². The number of carbonyl (C=O) groups excluding carboxylic acids is 2. The van der Waals surface area contributed by atoms with Crippen molar-refractivity contribution in [2.75, 3.05) is 52.5 Å². The minimum absolute atomic E-state index is 0.124. The third kappa shape index (κ3) is 13.4. The van der Waals surface area contributed by atoms with E-state index in [-0.39, 0.29) is 11.9 Å². The van der Waals surface area contributed by atoms with Crippen LogP contribution in [0.2, 0.25) is 0 Å². The van der Waals surface area contributed by atoms with Crippen molar-refractivity contribution in [3.05, 3.63) is 35.9 Å². The van der Waals surface area contributed by atoms with Crippen LogP contribution in [0.1, 0.15) is 58.4 Å². The van der Waals surface area contributed by atoms with Crippen molar-refractivity contribution in [2.45, 2.75) is 65.1 Å². The average Bonchev–Trinajstić information content (AvgIpc) is 2.77. The normalized spacial score (nSPS) is 15.4. The third-order valence-electron chi connectivity index (χ3n) is 5.45. The van der Waals surface area contributed by atoms with Crippen LogP contribution in [0.25, 0.3) is 0 Å². The number of carbonyl (C=O) groups is 2. The van der Waals surface area contributed by atoms with Gasteiger partial charge in [0, 0.05) is 52.2 Å². The second-order valence-corrected chi connectivity index (χ2v) is 9.59. The molecule has 1 fully saturated rings. The summed E-state index contributed by atoms with van der Waals surface area (Å²) in [6.45, 7) is 13.4. The number of nitrogens with zero attached hydrogens (tertiary/aromatic N) is 2. The van der Waals surface area contributed by atoms with E-state index >= 15 is 0 Å². The van der Waals surface area contributed by atoms with Crippen LogP contribution in [0.15, 0.2) is 30.3 Å². The molecule has 0 unspecified atom stereocenters. The molecule has 0 atom stereocenters. The summed E-state index contributed by atoms with van der Waals surface area (Å²) in [7, 11) is 0. The van der Waals surface area contributed by atoms with Gasteiger partial charge in [0.25, 0.3) is 0 Å². The maximum atomic E-state index is 11.9. The topological polar surface area (TPSA) is 68.3 Å². The molecular weight excluding hydrogens is 420 g/mol. The summed E-state index contributed by atoms with van der Waals surface area (Å²) in [5, 5.41) is 0. The summed E-state index contributed by atoms with van der Waals surface area (Å²) in [6, 6.07) is 9.78. The fourth-order valence-electron chi connectivity index (χ4n) is 3.66. The zero-order chi connectivity index (χ0) is 23.9. The van der Waals surface area contributed by atoms with Gasteiger partial charge in [0.15, 0.2) is 0 Å². The number of unbranched alkanes of at least 4 members (excludes halogenated alkanes) is 1. The lowest BCUT2D eigenvalue weighted by atomic mass is 10.2. The lowest BCUT2D eigenvalue weighted by molar-refractivity contribution is -0.155. The van der Waals surface area contributed by atoms with Gasteiger partial charge in [0.05, 0.1) is 6.61 Å². The van der Waals surface area contributed by atoms with E-state index in [1.807, 2.05) is 51.1 Å². The molecule has 7 nitrogen and oxygen atoms in total. The Morgan fingerprint density at radius 2 is 1.45 bits per heavy atom. The van der Waals surface area contributed by atoms with Crippen molar-refractivity contribution in [3.8, 4) is 0 Å². The maximum Gasteiger partial charge on any atom is 0.306 e. The summed E-state index contributed by atoms with van der Waals surface area (Å²) >= 11 is 0. The highest BCUT2D eigenvalue weighted by Crippen LogP contribution is 2.10. The molecule has 33 heavy (non-hydrogen) atoms. The van der Waals surface area contributed by atoms with E-state index in [0.29, 0.717) is 26.1 Å². The van der Waals surface area contributed by atoms with Crippen LogP contribution in [-0.4, -0.2) is 79.8 Å². The third-order valence-corrected chi connectivity index (χ3v) is 5.45. The predicted molar refractivity (Wildman–Crippen MR) is 129 cm³/mol. The Balaban J connectivity index is 1.41. The van der Waals surface area contributed by atoms with Gasteiger partial charge >= 0.3 is 11.9 Å². The van der Waals surface area contributed by atoms with E-state index in [4.69, 9.17) is 14.2 Å². The van der Waals surface area contributed by atoms with E-state index in [1.54, 1.807) is 0 Å². The molecule has 0 radical (unpaired) electrons. The smallest absolute Gasteiger partial charge is 0.306 e. The Labute approximate surface area is 199 Å². The van der Waals surface area contributed by atoms with Crippen LogP contribution in [0.5, 0.6) is 0 Å². The van der Waals surface area contributed by atoms with Crippen molar-refractivity contribution >= 4 is 11.9 Å². The first-order chi connectivity index (χ1) is 15.8. The van der Waals surface area contributed by atoms with Gasteiger partial charge in [-0.15, -0.1) is 0 Å². The Kier molecular flexibility index (Phi) is 12.4. The van der Waals surface area contributed by atoms with Crippen LogP contribution in [0, 0.1) is 0 Å². The molecule has 0 amide bonds. The molecule has 1 aliphatic heterocycles. The summed E-state index contributed by atoms with van der Waals surface area (Å²) in [5.41, 5.74) is 0.609. The average molecular weight is 463 g/mol. The molecule has 1 aromatic carbocycles. The van der Waals surface area contributed by atoms with E-state index in [2.05, 4.69) is 9.80 Å². The van der Waals surface area contributed by atoms with Gasteiger partial charge in [0.1, 0.15) is 12.2 Å². The Bertz CT molecular complexity index is 682. The van der Waals surface area contributed by atoms with Gasteiger partial charge < -0.3 is 19.1 Å². The van der Waals surface area contributed by atoms with Gasteiger partial charge in [-0.3, -0.25) is 14.5 Å². The van der Waals surface area contributed by atoms with Gasteiger partial charge in [-0.1, -0.05) is 30.3 Å². The first kappa shape index (κ1) is 27.3. The maximum absolute atomic E-state index is 11.9. The van der Waals surface area contributed by atoms with Crippen LogP contribution in [-0.2, 0) is 30.4 Å². The number of hydrogen-bond acceptors (Lipinski definition) is 7. The van der Waals surface area contributed by atoms with Crippen LogP contribution in [0.4, 0.5) is 0 Å². The van der Waals surface area contributed by atoms with Crippen molar-refractivity contribution in [1.29, 1.82) is 0 Å². The number of rotatable bonds is 14. The number of hydrogen-bond donors (Lipinski definition) is 0. The Morgan fingerprint density at radius 3 is 2.12 bits per heavy atom. The molecule has 0 spiro atoms. The Hall–Kier alpha value is -1.96. The van der Waals surface area contributed by atoms with Crippen LogP contribution < -0.4 is 0 Å². The standard InChI is InChI=1S/C26H42N2O5/c1-26(2,3)33-25(30)12-7-8-20-31-21-19-28-17-15-27(16-18-28)14-9-13-24(29)32-22-23-10-5-4-6-11-23/h4-6,10-11H,7-9,12-22H2,1-3H3. The summed E-state index contributed by atoms with van der Waals surface area (Å²) in [6.07, 6.45) is 3.43. The molecule has 0 N–H and O–H groups in total. The van der Waals surface area contributed by atoms with Gasteiger partial charge in [0.2, 0.25) is 0 Å². The highest BCUT2D eigenvalue weighted by molar-refractivity contribution is 5.69. The first-order valence-corrected chi connectivity index (χ1v) is 12.3. The minimum atomic E-state index is -0.411. The molecule has 1 aromatic rings. The number of benzene rings is 1. The van der Waals surface area contributed by atoms with Crippen LogP contribution >= 0.6 is 0 Å².